The number of hydrogen-bond acceptors (Lipinski definition) is 3. The molecule has 3 heterocycles. The van der Waals surface area contributed by atoms with E-state index < -0.39 is 0 Å². The standard InChI is InChI=1S/C22H16N2O/c1-13-6-9-19(23-11-13)18-5-3-4-16-17-8-7-15-10-14(2)12-24-20(15)22(17)25-21(16)18/h3-12H,1-2H3. The van der Waals surface area contributed by atoms with E-state index in [0.717, 1.165) is 55.2 Å². The largest absolute Gasteiger partial charge is 0.453 e. The molecule has 120 valence electrons. The Bertz CT molecular complexity index is 1250. The molecule has 0 spiro atoms. The van der Waals surface area contributed by atoms with Crippen LogP contribution in [-0.4, -0.2) is 9.97 Å². The lowest BCUT2D eigenvalue weighted by molar-refractivity contribution is 0.672. The van der Waals surface area contributed by atoms with Crippen LogP contribution in [0.2, 0.25) is 0 Å². The first-order valence-corrected chi connectivity index (χ1v) is 8.34. The third kappa shape index (κ3) is 2.13. The third-order valence-corrected chi connectivity index (χ3v) is 4.64. The Morgan fingerprint density at radius 3 is 2.44 bits per heavy atom. The highest BCUT2D eigenvalue weighted by Gasteiger charge is 2.15. The molecule has 0 N–H and O–H groups in total. The summed E-state index contributed by atoms with van der Waals surface area (Å²) in [5, 5.41) is 3.29. The Morgan fingerprint density at radius 1 is 0.760 bits per heavy atom. The number of para-hydroxylation sites is 1. The van der Waals surface area contributed by atoms with Crippen LogP contribution in [0, 0.1) is 13.8 Å². The molecular formula is C22H16N2O. The second-order valence-corrected chi connectivity index (χ2v) is 6.53. The number of nitrogens with zero attached hydrogens (tertiary/aromatic N) is 2. The van der Waals surface area contributed by atoms with Crippen LogP contribution in [0.1, 0.15) is 11.1 Å². The quantitative estimate of drug-likeness (QED) is 0.390. The highest BCUT2D eigenvalue weighted by Crippen LogP contribution is 2.37. The number of pyridine rings is 2. The Labute approximate surface area is 144 Å². The lowest BCUT2D eigenvalue weighted by Crippen LogP contribution is -1.84. The fourth-order valence-electron chi connectivity index (χ4n) is 3.39. The van der Waals surface area contributed by atoms with Gasteiger partial charge in [0, 0.05) is 34.1 Å². The van der Waals surface area contributed by atoms with Crippen molar-refractivity contribution < 1.29 is 4.42 Å². The predicted molar refractivity (Wildman–Crippen MR) is 102 cm³/mol. The molecule has 0 aliphatic carbocycles. The van der Waals surface area contributed by atoms with Crippen molar-refractivity contribution in [1.82, 2.24) is 9.97 Å². The number of furan rings is 1. The van der Waals surface area contributed by atoms with Gasteiger partial charge in [0.25, 0.3) is 0 Å². The average Bonchev–Trinajstić information content (AvgIpc) is 3.01. The molecule has 5 aromatic rings. The third-order valence-electron chi connectivity index (χ3n) is 4.64. The van der Waals surface area contributed by atoms with Crippen molar-refractivity contribution in [3.05, 3.63) is 72.1 Å². The molecule has 3 nitrogen and oxygen atoms in total. The van der Waals surface area contributed by atoms with Gasteiger partial charge >= 0.3 is 0 Å². The number of aromatic nitrogens is 2. The molecule has 0 aliphatic heterocycles. The van der Waals surface area contributed by atoms with Gasteiger partial charge in [0.1, 0.15) is 11.1 Å². The zero-order valence-corrected chi connectivity index (χ0v) is 14.1. The van der Waals surface area contributed by atoms with Crippen LogP contribution in [0.25, 0.3) is 44.1 Å². The Kier molecular flexibility index (Phi) is 2.92. The van der Waals surface area contributed by atoms with E-state index in [-0.39, 0.29) is 0 Å². The van der Waals surface area contributed by atoms with Gasteiger partial charge in [0.2, 0.25) is 0 Å². The fourth-order valence-corrected chi connectivity index (χ4v) is 3.39. The first-order valence-electron chi connectivity index (χ1n) is 8.34. The van der Waals surface area contributed by atoms with E-state index in [1.807, 2.05) is 25.4 Å². The first kappa shape index (κ1) is 14.2. The van der Waals surface area contributed by atoms with Crippen LogP contribution in [-0.2, 0) is 0 Å². The van der Waals surface area contributed by atoms with Crippen LogP contribution in [0.5, 0.6) is 0 Å². The predicted octanol–water partition coefficient (Wildman–Crippen LogP) is 5.81. The van der Waals surface area contributed by atoms with Gasteiger partial charge in [-0.2, -0.15) is 0 Å². The van der Waals surface area contributed by atoms with E-state index in [2.05, 4.69) is 59.4 Å². The van der Waals surface area contributed by atoms with E-state index >= 15 is 0 Å². The van der Waals surface area contributed by atoms with Crippen LogP contribution in [0.15, 0.2) is 65.3 Å². The molecule has 0 amide bonds. The van der Waals surface area contributed by atoms with Crippen molar-refractivity contribution in [2.45, 2.75) is 13.8 Å². The summed E-state index contributed by atoms with van der Waals surface area (Å²) >= 11 is 0. The first-order chi connectivity index (χ1) is 12.2. The minimum absolute atomic E-state index is 0.840. The van der Waals surface area contributed by atoms with Gasteiger partial charge in [-0.3, -0.25) is 9.97 Å². The maximum absolute atomic E-state index is 6.32. The summed E-state index contributed by atoms with van der Waals surface area (Å²) in [6.07, 6.45) is 3.77. The van der Waals surface area contributed by atoms with Crippen LogP contribution in [0.3, 0.4) is 0 Å². The second-order valence-electron chi connectivity index (χ2n) is 6.53. The summed E-state index contributed by atoms with van der Waals surface area (Å²) in [5.41, 5.74) is 6.83. The summed E-state index contributed by atoms with van der Waals surface area (Å²) in [5.74, 6) is 0. The number of benzene rings is 2. The second kappa shape index (κ2) is 5.15. The number of aryl methyl sites for hydroxylation is 2. The van der Waals surface area contributed by atoms with Crippen molar-refractivity contribution in [2.24, 2.45) is 0 Å². The molecule has 0 atom stereocenters. The molecule has 25 heavy (non-hydrogen) atoms. The summed E-state index contributed by atoms with van der Waals surface area (Å²) < 4.78 is 6.32. The van der Waals surface area contributed by atoms with Gasteiger partial charge in [-0.1, -0.05) is 24.3 Å². The van der Waals surface area contributed by atoms with Gasteiger partial charge in [-0.15, -0.1) is 0 Å². The zero-order valence-electron chi connectivity index (χ0n) is 14.1. The summed E-state index contributed by atoms with van der Waals surface area (Å²) in [6.45, 7) is 4.09. The minimum Gasteiger partial charge on any atom is -0.453 e. The van der Waals surface area contributed by atoms with Crippen molar-refractivity contribution in [3.63, 3.8) is 0 Å². The summed E-state index contributed by atoms with van der Waals surface area (Å²) in [4.78, 5) is 9.18. The van der Waals surface area contributed by atoms with E-state index in [4.69, 9.17) is 4.42 Å². The maximum atomic E-state index is 6.32. The summed E-state index contributed by atoms with van der Waals surface area (Å²) in [7, 11) is 0. The maximum Gasteiger partial charge on any atom is 0.161 e. The van der Waals surface area contributed by atoms with E-state index in [1.54, 1.807) is 0 Å². The molecule has 5 rings (SSSR count). The van der Waals surface area contributed by atoms with Crippen molar-refractivity contribution in [3.8, 4) is 11.3 Å². The molecule has 0 fully saturated rings. The molecule has 0 aliphatic rings. The SMILES string of the molecule is Cc1ccc(-c2cccc3c2oc2c3ccc3cc(C)cnc32)nc1. The smallest absolute Gasteiger partial charge is 0.161 e. The molecule has 0 radical (unpaired) electrons. The minimum atomic E-state index is 0.840. The molecule has 2 aromatic carbocycles. The van der Waals surface area contributed by atoms with Crippen LogP contribution < -0.4 is 0 Å². The average molecular weight is 324 g/mol. The van der Waals surface area contributed by atoms with Gasteiger partial charge in [0.15, 0.2) is 5.58 Å². The number of fused-ring (bicyclic) bond motifs is 5. The van der Waals surface area contributed by atoms with Gasteiger partial charge in [-0.05, 0) is 49.2 Å². The Morgan fingerprint density at radius 2 is 1.60 bits per heavy atom. The highest BCUT2D eigenvalue weighted by molar-refractivity contribution is 6.16. The summed E-state index contributed by atoms with van der Waals surface area (Å²) in [6, 6.07) is 16.7. The molecule has 0 saturated heterocycles. The van der Waals surface area contributed by atoms with Crippen LogP contribution >= 0.6 is 0 Å². The molecule has 0 saturated carbocycles. The molecule has 3 heteroatoms. The van der Waals surface area contributed by atoms with E-state index in [1.165, 1.54) is 0 Å². The monoisotopic (exact) mass is 324 g/mol. The number of rotatable bonds is 1. The van der Waals surface area contributed by atoms with Crippen LogP contribution in [0.4, 0.5) is 0 Å². The topological polar surface area (TPSA) is 38.9 Å². The van der Waals surface area contributed by atoms with Crippen molar-refractivity contribution >= 4 is 32.8 Å². The zero-order chi connectivity index (χ0) is 17.0. The Balaban J connectivity index is 1.88. The molecular weight excluding hydrogens is 308 g/mol. The van der Waals surface area contributed by atoms with Gasteiger partial charge in [-0.25, -0.2) is 0 Å². The molecule has 0 unspecified atom stereocenters. The lowest BCUT2D eigenvalue weighted by Gasteiger charge is -2.02. The Hall–Kier alpha value is -3.20. The fraction of sp³-hybridized carbons (Fsp3) is 0.0909. The van der Waals surface area contributed by atoms with Gasteiger partial charge < -0.3 is 4.42 Å². The lowest BCUT2D eigenvalue weighted by atomic mass is 10.0. The van der Waals surface area contributed by atoms with E-state index in [9.17, 15) is 0 Å². The molecule has 0 bridgehead atoms. The number of hydrogen-bond donors (Lipinski definition) is 0. The molecule has 3 aromatic heterocycles. The van der Waals surface area contributed by atoms with E-state index in [0.29, 0.717) is 0 Å². The normalized spacial score (nSPS) is 11.6. The van der Waals surface area contributed by atoms with Gasteiger partial charge in [0.05, 0.1) is 5.69 Å². The van der Waals surface area contributed by atoms with Crippen molar-refractivity contribution in [2.75, 3.05) is 0 Å². The van der Waals surface area contributed by atoms with Crippen molar-refractivity contribution in [1.29, 1.82) is 0 Å². The highest BCUT2D eigenvalue weighted by atomic mass is 16.3.